The van der Waals surface area contributed by atoms with Gasteiger partial charge in [-0.1, -0.05) is 50.2 Å². The Morgan fingerprint density at radius 1 is 0.795 bits per heavy atom. The van der Waals surface area contributed by atoms with Gasteiger partial charge in [0.1, 0.15) is 18.1 Å². The molecule has 4 aromatic rings. The predicted octanol–water partition coefficient (Wildman–Crippen LogP) is 2.71. The van der Waals surface area contributed by atoms with E-state index in [0.717, 1.165) is 32.9 Å². The van der Waals surface area contributed by atoms with Crippen LogP contribution in [0.25, 0.3) is 21.8 Å². The molecule has 2 heterocycles. The number of fused-ring (bicyclic) bond motifs is 2. The standard InChI is InChI=1S/C32H40N6O5S/c1-18(2)28(31(41)37-27(32(42)43)15-20-17-35-25-11-7-5-9-22(20)25)38-30(40)26(12-13-44-3)36-29(39)23(33)14-19-16-34-24-10-6-4-8-21(19)24/h4-11,16-18,23,26-28,34-35H,12-15,33H2,1-3H3,(H,36,39)(H,37,41)(H,38,40)(H,42,43). The first-order valence-electron chi connectivity index (χ1n) is 14.6. The fourth-order valence-electron chi connectivity index (χ4n) is 5.18. The van der Waals surface area contributed by atoms with E-state index in [1.165, 1.54) is 11.8 Å². The highest BCUT2D eigenvalue weighted by atomic mass is 32.2. The largest absolute Gasteiger partial charge is 0.480 e. The number of aromatic nitrogens is 2. The second-order valence-electron chi connectivity index (χ2n) is 11.2. The van der Waals surface area contributed by atoms with E-state index in [4.69, 9.17) is 5.73 Å². The number of nitrogens with two attached hydrogens (primary N) is 1. The van der Waals surface area contributed by atoms with E-state index in [1.807, 2.05) is 61.0 Å². The van der Waals surface area contributed by atoms with Crippen LogP contribution < -0.4 is 21.7 Å². The van der Waals surface area contributed by atoms with Crippen molar-refractivity contribution < 1.29 is 24.3 Å². The maximum Gasteiger partial charge on any atom is 0.326 e. The minimum absolute atomic E-state index is 0.0601. The summed E-state index contributed by atoms with van der Waals surface area (Å²) in [6.45, 7) is 3.51. The van der Waals surface area contributed by atoms with E-state index in [-0.39, 0.29) is 18.8 Å². The Hall–Kier alpha value is -4.29. The number of amides is 3. The van der Waals surface area contributed by atoms with Crippen molar-refractivity contribution in [1.29, 1.82) is 0 Å². The number of carbonyl (C=O) groups is 4. The van der Waals surface area contributed by atoms with Gasteiger partial charge in [-0.3, -0.25) is 14.4 Å². The Bertz CT molecular complexity index is 1610. The maximum atomic E-state index is 13.5. The Labute approximate surface area is 260 Å². The molecule has 2 aromatic carbocycles. The maximum absolute atomic E-state index is 13.5. The Kier molecular flexibility index (Phi) is 11.1. The Balaban J connectivity index is 1.42. The van der Waals surface area contributed by atoms with Gasteiger partial charge in [0, 0.05) is 40.6 Å². The van der Waals surface area contributed by atoms with Crippen LogP contribution in [0.4, 0.5) is 0 Å². The van der Waals surface area contributed by atoms with Crippen molar-refractivity contribution in [3.05, 3.63) is 72.1 Å². The predicted molar refractivity (Wildman–Crippen MR) is 173 cm³/mol. The SMILES string of the molecule is CSCCC(NC(=O)C(N)Cc1c[nH]c2ccccc12)C(=O)NC(C(=O)NC(Cc1c[nH]c2ccccc12)C(=O)O)C(C)C. The average Bonchev–Trinajstić information content (AvgIpc) is 3.61. The van der Waals surface area contributed by atoms with Crippen molar-refractivity contribution in [1.82, 2.24) is 25.9 Å². The second-order valence-corrected chi connectivity index (χ2v) is 12.2. The summed E-state index contributed by atoms with van der Waals surface area (Å²) >= 11 is 1.52. The number of benzene rings is 2. The minimum atomic E-state index is -1.21. The molecule has 12 heteroatoms. The van der Waals surface area contributed by atoms with Crippen LogP contribution in [0, 0.1) is 5.92 Å². The monoisotopic (exact) mass is 620 g/mol. The van der Waals surface area contributed by atoms with Crippen molar-refractivity contribution in [2.45, 2.75) is 57.3 Å². The molecule has 2 aromatic heterocycles. The first-order chi connectivity index (χ1) is 21.1. The highest BCUT2D eigenvalue weighted by molar-refractivity contribution is 7.98. The number of hydrogen-bond acceptors (Lipinski definition) is 6. The molecule has 0 radical (unpaired) electrons. The minimum Gasteiger partial charge on any atom is -0.480 e. The van der Waals surface area contributed by atoms with Gasteiger partial charge in [0.25, 0.3) is 0 Å². The number of aromatic amines is 2. The number of thioether (sulfide) groups is 1. The second kappa shape index (κ2) is 14.9. The topological polar surface area (TPSA) is 182 Å². The Morgan fingerprint density at radius 2 is 1.34 bits per heavy atom. The van der Waals surface area contributed by atoms with Crippen molar-refractivity contribution in [2.75, 3.05) is 12.0 Å². The Morgan fingerprint density at radius 3 is 1.89 bits per heavy atom. The first kappa shape index (κ1) is 32.6. The molecule has 0 saturated carbocycles. The number of H-pyrrole nitrogens is 2. The number of carboxylic acid groups (broad SMARTS) is 1. The fraction of sp³-hybridized carbons (Fsp3) is 0.375. The van der Waals surface area contributed by atoms with Crippen LogP contribution in [0.1, 0.15) is 31.4 Å². The van der Waals surface area contributed by atoms with Crippen molar-refractivity contribution >= 4 is 57.3 Å². The molecule has 0 aliphatic heterocycles. The number of carbonyl (C=O) groups excluding carboxylic acids is 3. The van der Waals surface area contributed by atoms with Gasteiger partial charge in [-0.05, 0) is 54.0 Å². The molecular weight excluding hydrogens is 580 g/mol. The van der Waals surface area contributed by atoms with Crippen LogP contribution in [-0.2, 0) is 32.0 Å². The number of para-hydroxylation sites is 2. The number of rotatable bonds is 15. The molecular formula is C32H40N6O5S. The van der Waals surface area contributed by atoms with Crippen molar-refractivity contribution in [3.63, 3.8) is 0 Å². The third-order valence-electron chi connectivity index (χ3n) is 7.66. The number of aliphatic carboxylic acids is 1. The van der Waals surface area contributed by atoms with Crippen LogP contribution in [-0.4, -0.2) is 74.9 Å². The van der Waals surface area contributed by atoms with Crippen LogP contribution in [0.2, 0.25) is 0 Å². The number of nitrogens with one attached hydrogen (secondary N) is 5. The van der Waals surface area contributed by atoms with E-state index in [0.29, 0.717) is 12.2 Å². The van der Waals surface area contributed by atoms with E-state index < -0.39 is 47.9 Å². The molecule has 0 spiro atoms. The van der Waals surface area contributed by atoms with Crippen LogP contribution >= 0.6 is 11.8 Å². The summed E-state index contributed by atoms with van der Waals surface area (Å²) in [5, 5.41) is 19.9. The highest BCUT2D eigenvalue weighted by Gasteiger charge is 2.32. The number of carboxylic acids is 1. The van der Waals surface area contributed by atoms with Crippen molar-refractivity contribution in [3.8, 4) is 0 Å². The first-order valence-corrected chi connectivity index (χ1v) is 16.0. The van der Waals surface area contributed by atoms with E-state index >= 15 is 0 Å². The lowest BCUT2D eigenvalue weighted by molar-refractivity contribution is -0.142. The van der Waals surface area contributed by atoms with Gasteiger partial charge in [0.15, 0.2) is 0 Å². The highest BCUT2D eigenvalue weighted by Crippen LogP contribution is 2.20. The van der Waals surface area contributed by atoms with Gasteiger partial charge in [-0.15, -0.1) is 0 Å². The molecule has 3 amide bonds. The number of hydrogen-bond donors (Lipinski definition) is 7. The summed E-state index contributed by atoms with van der Waals surface area (Å²) < 4.78 is 0. The van der Waals surface area contributed by atoms with Crippen molar-refractivity contribution in [2.24, 2.45) is 11.7 Å². The zero-order valence-corrected chi connectivity index (χ0v) is 25.9. The molecule has 234 valence electrons. The van der Waals surface area contributed by atoms with Gasteiger partial charge < -0.3 is 36.8 Å². The molecule has 0 saturated heterocycles. The molecule has 44 heavy (non-hydrogen) atoms. The zero-order valence-electron chi connectivity index (χ0n) is 25.1. The smallest absolute Gasteiger partial charge is 0.326 e. The third-order valence-corrected chi connectivity index (χ3v) is 8.30. The third kappa shape index (κ3) is 8.00. The zero-order chi connectivity index (χ0) is 31.8. The summed E-state index contributed by atoms with van der Waals surface area (Å²) in [4.78, 5) is 58.4. The quantitative estimate of drug-likeness (QED) is 0.107. The van der Waals surface area contributed by atoms with Gasteiger partial charge in [0.05, 0.1) is 6.04 Å². The molecule has 4 rings (SSSR count). The molecule has 0 aliphatic carbocycles. The lowest BCUT2D eigenvalue weighted by Gasteiger charge is -2.27. The van der Waals surface area contributed by atoms with Crippen LogP contribution in [0.5, 0.6) is 0 Å². The summed E-state index contributed by atoms with van der Waals surface area (Å²) in [6.07, 6.45) is 6.11. The van der Waals surface area contributed by atoms with Gasteiger partial charge in [-0.2, -0.15) is 11.8 Å². The average molecular weight is 621 g/mol. The molecule has 8 N–H and O–H groups in total. The molecule has 4 atom stereocenters. The van der Waals surface area contributed by atoms with E-state index in [1.54, 1.807) is 20.0 Å². The summed E-state index contributed by atoms with van der Waals surface area (Å²) in [5.74, 6) is -2.60. The lowest BCUT2D eigenvalue weighted by Crippen LogP contribution is -2.58. The summed E-state index contributed by atoms with van der Waals surface area (Å²) in [6, 6.07) is 11.2. The molecule has 0 fully saturated rings. The molecule has 0 aliphatic rings. The van der Waals surface area contributed by atoms with Gasteiger partial charge in [0.2, 0.25) is 17.7 Å². The van der Waals surface area contributed by atoms with Crippen LogP contribution in [0.15, 0.2) is 60.9 Å². The van der Waals surface area contributed by atoms with E-state index in [2.05, 4.69) is 25.9 Å². The van der Waals surface area contributed by atoms with E-state index in [9.17, 15) is 24.3 Å². The normalized spacial score (nSPS) is 14.2. The molecule has 4 unspecified atom stereocenters. The summed E-state index contributed by atoms with van der Waals surface area (Å²) in [7, 11) is 0. The van der Waals surface area contributed by atoms with Gasteiger partial charge in [-0.25, -0.2) is 4.79 Å². The molecule has 0 bridgehead atoms. The molecule has 11 nitrogen and oxygen atoms in total. The van der Waals surface area contributed by atoms with Gasteiger partial charge >= 0.3 is 5.97 Å². The van der Waals surface area contributed by atoms with Crippen LogP contribution in [0.3, 0.4) is 0 Å². The fourth-order valence-corrected chi connectivity index (χ4v) is 5.66. The summed E-state index contributed by atoms with van der Waals surface area (Å²) in [5.41, 5.74) is 9.72. The lowest BCUT2D eigenvalue weighted by atomic mass is 10.0.